The predicted octanol–water partition coefficient (Wildman–Crippen LogP) is 2.12. The summed E-state index contributed by atoms with van der Waals surface area (Å²) in [6.45, 7) is 0.864. The molecular formula is C15H20ClN3O2. The van der Waals surface area contributed by atoms with Crippen molar-refractivity contribution in [3.05, 3.63) is 28.8 Å². The van der Waals surface area contributed by atoms with Crippen LogP contribution in [0, 0.1) is 0 Å². The van der Waals surface area contributed by atoms with E-state index in [-0.39, 0.29) is 17.9 Å². The average Bonchev–Trinajstić information content (AvgIpc) is 2.49. The molecule has 1 heterocycles. The Labute approximate surface area is 129 Å². The van der Waals surface area contributed by atoms with Crippen molar-refractivity contribution in [3.8, 4) is 0 Å². The SMILES string of the molecule is CN(C)C(=O)c1cc(NC(=O)[C@@H]2CCCCN2)ccc1Cl. The van der Waals surface area contributed by atoms with E-state index in [9.17, 15) is 9.59 Å². The smallest absolute Gasteiger partial charge is 0.254 e. The van der Waals surface area contributed by atoms with Crippen molar-refractivity contribution in [1.82, 2.24) is 10.2 Å². The maximum Gasteiger partial charge on any atom is 0.254 e. The number of hydrogen-bond acceptors (Lipinski definition) is 3. The molecule has 1 aromatic carbocycles. The van der Waals surface area contributed by atoms with E-state index in [1.54, 1.807) is 32.3 Å². The van der Waals surface area contributed by atoms with Crippen LogP contribution in [-0.2, 0) is 4.79 Å². The van der Waals surface area contributed by atoms with Gasteiger partial charge in [-0.15, -0.1) is 0 Å². The van der Waals surface area contributed by atoms with Crippen LogP contribution in [0.2, 0.25) is 5.02 Å². The number of halogens is 1. The van der Waals surface area contributed by atoms with Gasteiger partial charge in [0.15, 0.2) is 0 Å². The highest BCUT2D eigenvalue weighted by Gasteiger charge is 2.21. The summed E-state index contributed by atoms with van der Waals surface area (Å²) in [5.41, 5.74) is 0.970. The van der Waals surface area contributed by atoms with E-state index in [1.165, 1.54) is 4.90 Å². The van der Waals surface area contributed by atoms with Gasteiger partial charge in [-0.1, -0.05) is 18.0 Å². The molecule has 1 fully saturated rings. The van der Waals surface area contributed by atoms with E-state index >= 15 is 0 Å². The molecule has 0 spiro atoms. The Bertz CT molecular complexity index is 540. The third-order valence-corrected chi connectivity index (χ3v) is 3.83. The van der Waals surface area contributed by atoms with Crippen LogP contribution in [0.5, 0.6) is 0 Å². The van der Waals surface area contributed by atoms with Gasteiger partial charge in [0.25, 0.3) is 5.91 Å². The molecule has 114 valence electrons. The van der Waals surface area contributed by atoms with Crippen molar-refractivity contribution < 1.29 is 9.59 Å². The number of carbonyl (C=O) groups excluding carboxylic acids is 2. The molecule has 0 unspecified atom stereocenters. The molecule has 1 saturated heterocycles. The Kier molecular flexibility index (Phi) is 5.20. The van der Waals surface area contributed by atoms with Gasteiger partial charge in [-0.3, -0.25) is 9.59 Å². The second-order valence-electron chi connectivity index (χ2n) is 5.39. The van der Waals surface area contributed by atoms with Crippen LogP contribution < -0.4 is 10.6 Å². The Morgan fingerprint density at radius 2 is 2.10 bits per heavy atom. The monoisotopic (exact) mass is 309 g/mol. The molecule has 2 amide bonds. The van der Waals surface area contributed by atoms with Crippen molar-refractivity contribution in [2.45, 2.75) is 25.3 Å². The lowest BCUT2D eigenvalue weighted by Gasteiger charge is -2.22. The van der Waals surface area contributed by atoms with E-state index in [0.29, 0.717) is 16.3 Å². The van der Waals surface area contributed by atoms with E-state index in [0.717, 1.165) is 25.8 Å². The molecule has 5 nitrogen and oxygen atoms in total. The molecule has 1 aliphatic heterocycles. The van der Waals surface area contributed by atoms with Crippen molar-refractivity contribution in [3.63, 3.8) is 0 Å². The quantitative estimate of drug-likeness (QED) is 0.899. The number of nitrogens with zero attached hydrogens (tertiary/aromatic N) is 1. The van der Waals surface area contributed by atoms with E-state index in [1.807, 2.05) is 0 Å². The van der Waals surface area contributed by atoms with E-state index in [4.69, 9.17) is 11.6 Å². The van der Waals surface area contributed by atoms with Gasteiger partial charge in [0, 0.05) is 19.8 Å². The number of piperidine rings is 1. The fourth-order valence-corrected chi connectivity index (χ4v) is 2.51. The number of benzene rings is 1. The molecule has 2 N–H and O–H groups in total. The fourth-order valence-electron chi connectivity index (χ4n) is 2.31. The van der Waals surface area contributed by atoms with Gasteiger partial charge in [0.05, 0.1) is 16.6 Å². The number of rotatable bonds is 3. The van der Waals surface area contributed by atoms with Crippen LogP contribution in [0.1, 0.15) is 29.6 Å². The third kappa shape index (κ3) is 3.95. The molecule has 1 aromatic rings. The first-order valence-electron chi connectivity index (χ1n) is 7.04. The molecule has 2 rings (SSSR count). The Hall–Kier alpha value is -1.59. The van der Waals surface area contributed by atoms with Crippen molar-refractivity contribution >= 4 is 29.1 Å². The highest BCUT2D eigenvalue weighted by atomic mass is 35.5. The lowest BCUT2D eigenvalue weighted by Crippen LogP contribution is -2.43. The molecule has 0 saturated carbocycles. The summed E-state index contributed by atoms with van der Waals surface area (Å²) in [5, 5.41) is 6.41. The number of amides is 2. The molecule has 0 bridgehead atoms. The maximum absolute atomic E-state index is 12.2. The summed E-state index contributed by atoms with van der Waals surface area (Å²) in [4.78, 5) is 25.6. The second-order valence-corrected chi connectivity index (χ2v) is 5.79. The summed E-state index contributed by atoms with van der Waals surface area (Å²) in [7, 11) is 3.33. The van der Waals surface area contributed by atoms with E-state index in [2.05, 4.69) is 10.6 Å². The first-order chi connectivity index (χ1) is 9.99. The van der Waals surface area contributed by atoms with Gasteiger partial charge < -0.3 is 15.5 Å². The zero-order chi connectivity index (χ0) is 15.4. The standard InChI is InChI=1S/C15H20ClN3O2/c1-19(2)15(21)11-9-10(6-7-12(11)16)18-14(20)13-5-3-4-8-17-13/h6-7,9,13,17H,3-5,8H2,1-2H3,(H,18,20)/t13-/m0/s1. The van der Waals surface area contributed by atoms with Crippen LogP contribution >= 0.6 is 11.6 Å². The second kappa shape index (κ2) is 6.91. The summed E-state index contributed by atoms with van der Waals surface area (Å²) < 4.78 is 0. The van der Waals surface area contributed by atoms with Gasteiger partial charge >= 0.3 is 0 Å². The van der Waals surface area contributed by atoms with E-state index < -0.39 is 0 Å². The summed E-state index contributed by atoms with van der Waals surface area (Å²) in [5.74, 6) is -0.257. The zero-order valence-corrected chi connectivity index (χ0v) is 13.0. The summed E-state index contributed by atoms with van der Waals surface area (Å²) in [6, 6.07) is 4.78. The molecule has 1 atom stereocenters. The Morgan fingerprint density at radius 1 is 1.33 bits per heavy atom. The minimum absolute atomic E-state index is 0.0692. The zero-order valence-electron chi connectivity index (χ0n) is 12.3. The molecule has 21 heavy (non-hydrogen) atoms. The van der Waals surface area contributed by atoms with Crippen LogP contribution in [0.3, 0.4) is 0 Å². The van der Waals surface area contributed by atoms with Crippen molar-refractivity contribution in [1.29, 1.82) is 0 Å². The lowest BCUT2D eigenvalue weighted by molar-refractivity contribution is -0.118. The van der Waals surface area contributed by atoms with Crippen LogP contribution in [0.15, 0.2) is 18.2 Å². The molecule has 0 aromatic heterocycles. The Morgan fingerprint density at radius 3 is 2.71 bits per heavy atom. The third-order valence-electron chi connectivity index (χ3n) is 3.50. The number of hydrogen-bond donors (Lipinski definition) is 2. The first kappa shape index (κ1) is 15.8. The first-order valence-corrected chi connectivity index (χ1v) is 7.42. The highest BCUT2D eigenvalue weighted by molar-refractivity contribution is 6.34. The topological polar surface area (TPSA) is 61.4 Å². The van der Waals surface area contributed by atoms with Gasteiger partial charge in [-0.25, -0.2) is 0 Å². The van der Waals surface area contributed by atoms with Gasteiger partial charge in [0.1, 0.15) is 0 Å². The van der Waals surface area contributed by atoms with Crippen LogP contribution in [-0.4, -0.2) is 43.4 Å². The Balaban J connectivity index is 2.11. The number of carbonyl (C=O) groups is 2. The number of anilines is 1. The summed E-state index contributed by atoms with van der Waals surface area (Å²) >= 11 is 6.05. The molecule has 0 radical (unpaired) electrons. The molecule has 6 heteroatoms. The van der Waals surface area contributed by atoms with Gasteiger partial charge in [-0.2, -0.15) is 0 Å². The highest BCUT2D eigenvalue weighted by Crippen LogP contribution is 2.22. The van der Waals surface area contributed by atoms with Crippen LogP contribution in [0.25, 0.3) is 0 Å². The van der Waals surface area contributed by atoms with Gasteiger partial charge in [-0.05, 0) is 37.6 Å². The predicted molar refractivity (Wildman–Crippen MR) is 83.7 cm³/mol. The normalized spacial score (nSPS) is 18.1. The van der Waals surface area contributed by atoms with Crippen LogP contribution in [0.4, 0.5) is 5.69 Å². The minimum atomic E-state index is -0.188. The number of nitrogens with one attached hydrogen (secondary N) is 2. The fraction of sp³-hybridized carbons (Fsp3) is 0.467. The van der Waals surface area contributed by atoms with Crippen molar-refractivity contribution in [2.75, 3.05) is 26.0 Å². The largest absolute Gasteiger partial charge is 0.345 e. The minimum Gasteiger partial charge on any atom is -0.345 e. The molecule has 0 aliphatic carbocycles. The van der Waals surface area contributed by atoms with Crippen molar-refractivity contribution in [2.24, 2.45) is 0 Å². The summed E-state index contributed by atoms with van der Waals surface area (Å²) in [6.07, 6.45) is 2.99. The molecular weight excluding hydrogens is 290 g/mol. The van der Waals surface area contributed by atoms with Gasteiger partial charge in [0.2, 0.25) is 5.91 Å². The average molecular weight is 310 g/mol. The maximum atomic E-state index is 12.2. The lowest BCUT2D eigenvalue weighted by atomic mass is 10.0. The molecule has 1 aliphatic rings.